The number of nitrogens with one attached hydrogen (secondary N) is 1. The van der Waals surface area contributed by atoms with Crippen LogP contribution in [0.2, 0.25) is 0 Å². The molecule has 0 atom stereocenters. The largest absolute Gasteiger partial charge is 0.455 e. The van der Waals surface area contributed by atoms with Gasteiger partial charge in [-0.05, 0) is 53.0 Å². The van der Waals surface area contributed by atoms with Gasteiger partial charge in [0.2, 0.25) is 0 Å². The lowest BCUT2D eigenvalue weighted by Gasteiger charge is -2.12. The maximum atomic E-state index is 13.4. The summed E-state index contributed by atoms with van der Waals surface area (Å²) in [4.78, 5) is 4.05. The molecule has 1 aromatic carbocycles. The highest BCUT2D eigenvalue weighted by molar-refractivity contribution is 9.10. The Hall–Kier alpha value is -1.46. The van der Waals surface area contributed by atoms with Crippen molar-refractivity contribution >= 4 is 15.9 Å². The van der Waals surface area contributed by atoms with E-state index in [1.807, 2.05) is 6.07 Å². The van der Waals surface area contributed by atoms with Gasteiger partial charge in [-0.25, -0.2) is 4.39 Å². The third kappa shape index (κ3) is 3.55. The van der Waals surface area contributed by atoms with Crippen LogP contribution in [0.25, 0.3) is 0 Å². The summed E-state index contributed by atoms with van der Waals surface area (Å²) in [5, 5.41) is 3.37. The van der Waals surface area contributed by atoms with Gasteiger partial charge in [0.25, 0.3) is 0 Å². The molecule has 1 aliphatic rings. The van der Waals surface area contributed by atoms with E-state index >= 15 is 0 Å². The number of hydrogen-bond donors (Lipinski definition) is 1. The highest BCUT2D eigenvalue weighted by Gasteiger charge is 2.20. The minimum absolute atomic E-state index is 0.252. The van der Waals surface area contributed by atoms with Crippen LogP contribution in [0.4, 0.5) is 4.39 Å². The van der Waals surface area contributed by atoms with Crippen molar-refractivity contribution in [3.63, 3.8) is 0 Å². The van der Waals surface area contributed by atoms with E-state index in [1.165, 1.54) is 25.0 Å². The Labute approximate surface area is 125 Å². The Bertz CT molecular complexity index is 617. The number of aromatic nitrogens is 1. The smallest absolute Gasteiger partial charge is 0.146 e. The van der Waals surface area contributed by atoms with E-state index in [2.05, 4.69) is 26.2 Å². The molecule has 1 saturated carbocycles. The van der Waals surface area contributed by atoms with E-state index in [0.717, 1.165) is 10.0 Å². The SMILES string of the molecule is Fc1ccc(Oc2cncc(Br)c2)c(CNC2CC2)c1. The van der Waals surface area contributed by atoms with Gasteiger partial charge >= 0.3 is 0 Å². The van der Waals surface area contributed by atoms with Crippen LogP contribution in [0.15, 0.2) is 41.1 Å². The molecular weight excluding hydrogens is 323 g/mol. The summed E-state index contributed by atoms with van der Waals surface area (Å²) >= 11 is 3.35. The summed E-state index contributed by atoms with van der Waals surface area (Å²) in [5.74, 6) is 1.02. The van der Waals surface area contributed by atoms with Crippen molar-refractivity contribution in [1.82, 2.24) is 10.3 Å². The van der Waals surface area contributed by atoms with Gasteiger partial charge in [0.05, 0.1) is 6.20 Å². The topological polar surface area (TPSA) is 34.1 Å². The van der Waals surface area contributed by atoms with E-state index < -0.39 is 0 Å². The van der Waals surface area contributed by atoms with Gasteiger partial charge in [-0.15, -0.1) is 0 Å². The second kappa shape index (κ2) is 5.89. The number of nitrogens with zero attached hydrogens (tertiary/aromatic N) is 1. The average Bonchev–Trinajstić information content (AvgIpc) is 3.23. The van der Waals surface area contributed by atoms with Gasteiger partial charge in [-0.1, -0.05) is 0 Å². The minimum atomic E-state index is -0.252. The van der Waals surface area contributed by atoms with Gasteiger partial charge < -0.3 is 10.1 Å². The molecule has 3 nitrogen and oxygen atoms in total. The fourth-order valence-corrected chi connectivity index (χ4v) is 2.25. The predicted octanol–water partition coefficient (Wildman–Crippen LogP) is 4.03. The third-order valence-corrected chi connectivity index (χ3v) is 3.52. The van der Waals surface area contributed by atoms with Crippen molar-refractivity contribution in [2.45, 2.75) is 25.4 Å². The van der Waals surface area contributed by atoms with E-state index in [4.69, 9.17) is 4.74 Å². The number of hydrogen-bond acceptors (Lipinski definition) is 3. The van der Waals surface area contributed by atoms with E-state index in [0.29, 0.717) is 24.1 Å². The molecule has 1 N–H and O–H groups in total. The second-order valence-electron chi connectivity index (χ2n) is 4.85. The van der Waals surface area contributed by atoms with Crippen LogP contribution >= 0.6 is 15.9 Å². The molecule has 0 aliphatic heterocycles. The van der Waals surface area contributed by atoms with E-state index in [-0.39, 0.29) is 5.82 Å². The molecule has 3 rings (SSSR count). The average molecular weight is 337 g/mol. The lowest BCUT2D eigenvalue weighted by molar-refractivity contribution is 0.467. The first-order valence-electron chi connectivity index (χ1n) is 6.51. The van der Waals surface area contributed by atoms with Crippen molar-refractivity contribution in [3.8, 4) is 11.5 Å². The van der Waals surface area contributed by atoms with Crippen LogP contribution in [-0.2, 0) is 6.54 Å². The van der Waals surface area contributed by atoms with Gasteiger partial charge in [0.1, 0.15) is 17.3 Å². The second-order valence-corrected chi connectivity index (χ2v) is 5.76. The zero-order valence-corrected chi connectivity index (χ0v) is 12.4. The number of halogens is 2. The molecule has 0 radical (unpaired) electrons. The van der Waals surface area contributed by atoms with Crippen molar-refractivity contribution in [1.29, 1.82) is 0 Å². The third-order valence-electron chi connectivity index (χ3n) is 3.09. The molecule has 1 aliphatic carbocycles. The summed E-state index contributed by atoms with van der Waals surface area (Å²) in [5.41, 5.74) is 0.817. The molecule has 0 amide bonds. The Morgan fingerprint density at radius 3 is 2.90 bits per heavy atom. The molecule has 2 aromatic rings. The number of rotatable bonds is 5. The highest BCUT2D eigenvalue weighted by Crippen LogP contribution is 2.28. The Balaban J connectivity index is 1.79. The standard InChI is InChI=1S/C15H14BrFN2O/c16-11-6-14(9-18-8-11)20-15-4-1-12(17)5-10(15)7-19-13-2-3-13/h1,4-6,8-9,13,19H,2-3,7H2. The van der Waals surface area contributed by atoms with Gasteiger partial charge in [-0.2, -0.15) is 0 Å². The lowest BCUT2D eigenvalue weighted by Crippen LogP contribution is -2.15. The monoisotopic (exact) mass is 336 g/mol. The fraction of sp³-hybridized carbons (Fsp3) is 0.267. The number of pyridine rings is 1. The van der Waals surface area contributed by atoms with Crippen LogP contribution in [0.3, 0.4) is 0 Å². The van der Waals surface area contributed by atoms with Crippen molar-refractivity contribution in [3.05, 3.63) is 52.5 Å². The summed E-state index contributed by atoms with van der Waals surface area (Å²) in [7, 11) is 0. The summed E-state index contributed by atoms with van der Waals surface area (Å²) in [6.07, 6.45) is 5.71. The maximum Gasteiger partial charge on any atom is 0.146 e. The molecule has 5 heteroatoms. The summed E-state index contributed by atoms with van der Waals surface area (Å²) < 4.78 is 20.0. The first-order chi connectivity index (χ1) is 9.70. The molecule has 0 saturated heterocycles. The molecule has 1 aromatic heterocycles. The van der Waals surface area contributed by atoms with Crippen LogP contribution in [0.1, 0.15) is 18.4 Å². The quantitative estimate of drug-likeness (QED) is 0.895. The molecule has 0 unspecified atom stereocenters. The highest BCUT2D eigenvalue weighted by atomic mass is 79.9. The Morgan fingerprint density at radius 2 is 2.15 bits per heavy atom. The van der Waals surface area contributed by atoms with E-state index in [1.54, 1.807) is 18.5 Å². The van der Waals surface area contributed by atoms with Gasteiger partial charge in [0.15, 0.2) is 0 Å². The molecule has 0 spiro atoms. The van der Waals surface area contributed by atoms with Crippen LogP contribution in [0.5, 0.6) is 11.5 Å². The Kier molecular flexibility index (Phi) is 3.98. The van der Waals surface area contributed by atoms with Crippen molar-refractivity contribution in [2.24, 2.45) is 0 Å². The van der Waals surface area contributed by atoms with Crippen LogP contribution in [-0.4, -0.2) is 11.0 Å². The van der Waals surface area contributed by atoms with Crippen molar-refractivity contribution in [2.75, 3.05) is 0 Å². The summed E-state index contributed by atoms with van der Waals surface area (Å²) in [6.45, 7) is 0.610. The fourth-order valence-electron chi connectivity index (χ4n) is 1.90. The Morgan fingerprint density at radius 1 is 1.30 bits per heavy atom. The molecular formula is C15H14BrFN2O. The van der Waals surface area contributed by atoms with Crippen LogP contribution in [0, 0.1) is 5.82 Å². The maximum absolute atomic E-state index is 13.4. The molecule has 20 heavy (non-hydrogen) atoms. The molecule has 1 heterocycles. The lowest BCUT2D eigenvalue weighted by atomic mass is 10.2. The zero-order chi connectivity index (χ0) is 13.9. The van der Waals surface area contributed by atoms with Gasteiger partial charge in [0, 0.05) is 28.8 Å². The summed E-state index contributed by atoms with van der Waals surface area (Å²) in [6, 6.07) is 6.96. The molecule has 0 bridgehead atoms. The minimum Gasteiger partial charge on any atom is -0.455 e. The van der Waals surface area contributed by atoms with Crippen LogP contribution < -0.4 is 10.1 Å². The predicted molar refractivity (Wildman–Crippen MR) is 78.3 cm³/mol. The molecule has 104 valence electrons. The molecule has 1 fully saturated rings. The van der Waals surface area contributed by atoms with E-state index in [9.17, 15) is 4.39 Å². The first kappa shape index (κ1) is 13.5. The normalized spacial score (nSPS) is 14.3. The first-order valence-corrected chi connectivity index (χ1v) is 7.30. The number of benzene rings is 1. The van der Waals surface area contributed by atoms with Crippen molar-refractivity contribution < 1.29 is 9.13 Å². The zero-order valence-electron chi connectivity index (χ0n) is 10.8. The van der Waals surface area contributed by atoms with Gasteiger partial charge in [-0.3, -0.25) is 4.98 Å². The number of ether oxygens (including phenoxy) is 1.